The Balaban J connectivity index is 1.32. The molecular formula is C55H37F6N3. The normalized spacial score (nSPS) is 12.2. The summed E-state index contributed by atoms with van der Waals surface area (Å²) in [7, 11) is 0. The number of fused-ring (bicyclic) bond motifs is 6. The first kappa shape index (κ1) is 40.5. The molecule has 64 heavy (non-hydrogen) atoms. The van der Waals surface area contributed by atoms with Gasteiger partial charge in [0.25, 0.3) is 0 Å². The number of aryl methyl sites for hydroxylation is 4. The molecule has 0 fully saturated rings. The topological polar surface area (TPSA) is 33.6 Å². The third-order valence-electron chi connectivity index (χ3n) is 12.4. The van der Waals surface area contributed by atoms with Gasteiger partial charge in [-0.05, 0) is 133 Å². The molecule has 0 aliphatic heterocycles. The number of alkyl halides is 6. The van der Waals surface area contributed by atoms with E-state index >= 15 is 13.2 Å². The van der Waals surface area contributed by atoms with Gasteiger partial charge < -0.3 is 9.13 Å². The number of rotatable bonds is 5. The molecular weight excluding hydrogens is 817 g/mol. The van der Waals surface area contributed by atoms with Gasteiger partial charge in [-0.25, -0.2) is 0 Å². The fraction of sp³-hybridized carbons (Fsp3) is 0.109. The van der Waals surface area contributed by atoms with Crippen molar-refractivity contribution in [1.82, 2.24) is 9.13 Å². The van der Waals surface area contributed by atoms with Crippen LogP contribution in [-0.4, -0.2) is 9.13 Å². The zero-order valence-corrected chi connectivity index (χ0v) is 35.0. The number of para-hydroxylation sites is 2. The maximum Gasteiger partial charge on any atom is 0.417 e. The van der Waals surface area contributed by atoms with Crippen LogP contribution in [0.5, 0.6) is 0 Å². The lowest BCUT2D eigenvalue weighted by Crippen LogP contribution is -2.12. The van der Waals surface area contributed by atoms with Crippen LogP contribution in [0, 0.1) is 39.0 Å². The summed E-state index contributed by atoms with van der Waals surface area (Å²) in [5.41, 5.74) is 8.61. The van der Waals surface area contributed by atoms with Crippen LogP contribution in [0.1, 0.15) is 38.9 Å². The van der Waals surface area contributed by atoms with Gasteiger partial charge in [-0.1, -0.05) is 102 Å². The van der Waals surface area contributed by atoms with Crippen LogP contribution in [0.2, 0.25) is 0 Å². The van der Waals surface area contributed by atoms with E-state index in [0.29, 0.717) is 28.1 Å². The minimum absolute atomic E-state index is 0.0132. The molecule has 0 amide bonds. The first-order valence-corrected chi connectivity index (χ1v) is 20.7. The average molecular weight is 854 g/mol. The van der Waals surface area contributed by atoms with Crippen molar-refractivity contribution >= 4 is 43.6 Å². The molecule has 0 saturated heterocycles. The Morgan fingerprint density at radius 3 is 1.31 bits per heavy atom. The van der Waals surface area contributed by atoms with Crippen molar-refractivity contribution in [3.63, 3.8) is 0 Å². The summed E-state index contributed by atoms with van der Waals surface area (Å²) in [6, 6.07) is 46.9. The van der Waals surface area contributed by atoms with Crippen LogP contribution in [-0.2, 0) is 12.4 Å². The van der Waals surface area contributed by atoms with Crippen molar-refractivity contribution in [1.29, 1.82) is 5.26 Å². The molecule has 9 heteroatoms. The van der Waals surface area contributed by atoms with Gasteiger partial charge in [0.2, 0.25) is 0 Å². The first-order chi connectivity index (χ1) is 30.6. The van der Waals surface area contributed by atoms with Crippen molar-refractivity contribution in [3.8, 4) is 50.8 Å². The molecule has 314 valence electrons. The van der Waals surface area contributed by atoms with Crippen molar-refractivity contribution in [2.45, 2.75) is 40.0 Å². The number of benzene rings is 8. The zero-order valence-electron chi connectivity index (χ0n) is 35.0. The van der Waals surface area contributed by atoms with E-state index in [2.05, 4.69) is 68.4 Å². The second kappa shape index (κ2) is 14.8. The Hall–Kier alpha value is -7.57. The molecule has 0 bridgehead atoms. The summed E-state index contributed by atoms with van der Waals surface area (Å²) in [5.74, 6) is 0. The summed E-state index contributed by atoms with van der Waals surface area (Å²) in [5, 5.41) is 14.8. The van der Waals surface area contributed by atoms with Crippen molar-refractivity contribution < 1.29 is 26.3 Å². The SMILES string of the molecule is Cc1ccc(-c2ccc3c(c2)c2ccccc2n3-c2cc(-c3ccc(C(F)(F)F)cc3C(F)(F)F)cc(-n3c4ccccc4c4cc(-c5ccc(C)cc5C)ccc43)c2C#N)c(C)c1. The molecule has 0 aliphatic rings. The fourth-order valence-corrected chi connectivity index (χ4v) is 9.52. The monoisotopic (exact) mass is 853 g/mol. The second-order valence-electron chi connectivity index (χ2n) is 16.6. The highest BCUT2D eigenvalue weighted by atomic mass is 19.4. The number of hydrogen-bond acceptors (Lipinski definition) is 1. The third kappa shape index (κ3) is 6.60. The molecule has 0 unspecified atom stereocenters. The highest BCUT2D eigenvalue weighted by Crippen LogP contribution is 2.46. The van der Waals surface area contributed by atoms with Crippen LogP contribution in [0.25, 0.3) is 88.4 Å². The predicted molar refractivity (Wildman–Crippen MR) is 245 cm³/mol. The minimum Gasteiger partial charge on any atom is -0.308 e. The number of hydrogen-bond donors (Lipinski definition) is 0. The van der Waals surface area contributed by atoms with Crippen molar-refractivity contribution in [3.05, 3.63) is 191 Å². The van der Waals surface area contributed by atoms with Gasteiger partial charge in [0.05, 0.1) is 44.6 Å². The van der Waals surface area contributed by atoms with E-state index in [1.165, 1.54) is 12.1 Å². The van der Waals surface area contributed by atoms with Crippen molar-refractivity contribution in [2.75, 3.05) is 0 Å². The van der Waals surface area contributed by atoms with E-state index in [-0.39, 0.29) is 28.6 Å². The van der Waals surface area contributed by atoms with E-state index in [0.717, 1.165) is 72.1 Å². The lowest BCUT2D eigenvalue weighted by atomic mass is 9.94. The van der Waals surface area contributed by atoms with Gasteiger partial charge in [-0.3, -0.25) is 0 Å². The molecule has 0 N–H and O–H groups in total. The van der Waals surface area contributed by atoms with Gasteiger partial charge in [0.1, 0.15) is 11.6 Å². The average Bonchev–Trinajstić information content (AvgIpc) is 3.77. The molecule has 0 aliphatic carbocycles. The maximum absolute atomic E-state index is 15.1. The Morgan fingerprint density at radius 1 is 0.422 bits per heavy atom. The predicted octanol–water partition coefficient (Wildman–Crippen LogP) is 16.0. The minimum atomic E-state index is -5.15. The smallest absolute Gasteiger partial charge is 0.308 e. The molecule has 0 radical (unpaired) electrons. The van der Waals surface area contributed by atoms with Crippen LogP contribution >= 0.6 is 0 Å². The van der Waals surface area contributed by atoms with E-state index < -0.39 is 29.0 Å². The summed E-state index contributed by atoms with van der Waals surface area (Å²) in [6.45, 7) is 8.18. The summed E-state index contributed by atoms with van der Waals surface area (Å²) >= 11 is 0. The van der Waals surface area contributed by atoms with Gasteiger partial charge in [0, 0.05) is 21.5 Å². The molecule has 8 aromatic carbocycles. The highest BCUT2D eigenvalue weighted by molar-refractivity contribution is 6.12. The van der Waals surface area contributed by atoms with Gasteiger partial charge in [0.15, 0.2) is 0 Å². The molecule has 0 saturated carbocycles. The number of aromatic nitrogens is 2. The third-order valence-corrected chi connectivity index (χ3v) is 12.4. The summed E-state index contributed by atoms with van der Waals surface area (Å²) in [6.07, 6.45) is -10.2. The van der Waals surface area contributed by atoms with Crippen LogP contribution < -0.4 is 0 Å². The Labute approximate surface area is 364 Å². The van der Waals surface area contributed by atoms with Gasteiger partial charge in [-0.2, -0.15) is 31.6 Å². The molecule has 2 aromatic heterocycles. The lowest BCUT2D eigenvalue weighted by molar-refractivity contribution is -0.142. The number of nitrogens with zero attached hydrogens (tertiary/aromatic N) is 3. The Kier molecular flexibility index (Phi) is 9.35. The molecule has 3 nitrogen and oxygen atoms in total. The van der Waals surface area contributed by atoms with Crippen LogP contribution in [0.4, 0.5) is 26.3 Å². The first-order valence-electron chi connectivity index (χ1n) is 20.7. The maximum atomic E-state index is 15.1. The largest absolute Gasteiger partial charge is 0.417 e. The Bertz CT molecular complexity index is 3410. The quantitative estimate of drug-likeness (QED) is 0.159. The number of nitriles is 1. The van der Waals surface area contributed by atoms with Crippen molar-refractivity contribution in [2.24, 2.45) is 0 Å². The van der Waals surface area contributed by atoms with E-state index in [4.69, 9.17) is 0 Å². The number of halogens is 6. The molecule has 0 atom stereocenters. The molecule has 0 spiro atoms. The zero-order chi connectivity index (χ0) is 44.8. The molecule has 10 rings (SSSR count). The summed E-state index contributed by atoms with van der Waals surface area (Å²) in [4.78, 5) is 0. The molecule has 2 heterocycles. The van der Waals surface area contributed by atoms with E-state index in [1.54, 1.807) is 0 Å². The fourth-order valence-electron chi connectivity index (χ4n) is 9.52. The van der Waals surface area contributed by atoms with Gasteiger partial charge in [-0.15, -0.1) is 0 Å². The standard InChI is InChI=1S/C55H37F6N3/c1-31-13-18-39(33(3)23-31)35-15-21-50-44(25-35)42-9-5-7-11-48(42)63(50)52-27-37(41-20-17-38(54(56,57)58)29-47(41)55(59,60)61)28-53(46(52)30-62)64-49-12-8-6-10-43(49)45-26-36(16-22-51(45)64)40-19-14-32(2)24-34(40)4/h5-29H,1-4H3. The van der Waals surface area contributed by atoms with Crippen LogP contribution in [0.3, 0.4) is 0 Å². The van der Waals surface area contributed by atoms with Crippen LogP contribution in [0.15, 0.2) is 152 Å². The van der Waals surface area contributed by atoms with Gasteiger partial charge >= 0.3 is 12.4 Å². The Morgan fingerprint density at radius 2 is 0.875 bits per heavy atom. The van der Waals surface area contributed by atoms with E-state index in [1.807, 2.05) is 95.8 Å². The highest BCUT2D eigenvalue weighted by Gasteiger charge is 2.39. The molecule has 10 aromatic rings. The lowest BCUT2D eigenvalue weighted by Gasteiger charge is -2.21. The second-order valence-corrected chi connectivity index (χ2v) is 16.6. The summed E-state index contributed by atoms with van der Waals surface area (Å²) < 4.78 is 91.0. The van der Waals surface area contributed by atoms with E-state index in [9.17, 15) is 18.4 Å².